The molecule has 4 aromatic heterocycles. The molecule has 0 spiro atoms. The highest BCUT2D eigenvalue weighted by molar-refractivity contribution is 7.13. The molecule has 0 saturated heterocycles. The summed E-state index contributed by atoms with van der Waals surface area (Å²) >= 11 is 1.32. The van der Waals surface area contributed by atoms with E-state index in [9.17, 15) is 14.3 Å². The lowest BCUT2D eigenvalue weighted by Crippen LogP contribution is -2.31. The molecule has 1 amide bonds. The van der Waals surface area contributed by atoms with E-state index in [4.69, 9.17) is 0 Å². The Morgan fingerprint density at radius 3 is 2.97 bits per heavy atom. The molecule has 30 heavy (non-hydrogen) atoms. The van der Waals surface area contributed by atoms with E-state index in [1.165, 1.54) is 29.7 Å². The van der Waals surface area contributed by atoms with Gasteiger partial charge in [-0.2, -0.15) is 10.2 Å². The summed E-state index contributed by atoms with van der Waals surface area (Å²) in [6.45, 7) is 0. The van der Waals surface area contributed by atoms with Gasteiger partial charge in [0.1, 0.15) is 22.1 Å². The molecule has 1 aliphatic rings. The summed E-state index contributed by atoms with van der Waals surface area (Å²) in [5.74, 6) is -0.977. The SMILES string of the molecule is O=C(Nc1cn([C@H]2C[C@H](O)C2)nc1-c1ncccc1F)c1csc(-c2cn[nH]c2)n1. The molecule has 152 valence electrons. The summed E-state index contributed by atoms with van der Waals surface area (Å²) < 4.78 is 16.0. The van der Waals surface area contributed by atoms with Gasteiger partial charge >= 0.3 is 0 Å². The van der Waals surface area contributed by atoms with Gasteiger partial charge in [0.15, 0.2) is 5.82 Å². The van der Waals surface area contributed by atoms with Crippen molar-refractivity contribution in [3.05, 3.63) is 53.8 Å². The number of thiazole rings is 1. The lowest BCUT2D eigenvalue weighted by molar-refractivity contribution is 0.0435. The zero-order valence-corrected chi connectivity index (χ0v) is 16.3. The first-order chi connectivity index (χ1) is 14.6. The Morgan fingerprint density at radius 2 is 2.23 bits per heavy atom. The second-order valence-corrected chi connectivity index (χ2v) is 7.82. The van der Waals surface area contributed by atoms with E-state index in [-0.39, 0.29) is 29.2 Å². The average molecular weight is 425 g/mol. The molecule has 0 aliphatic heterocycles. The number of carbonyl (C=O) groups is 1. The minimum Gasteiger partial charge on any atom is -0.393 e. The van der Waals surface area contributed by atoms with E-state index < -0.39 is 11.7 Å². The van der Waals surface area contributed by atoms with Gasteiger partial charge in [0.2, 0.25) is 0 Å². The van der Waals surface area contributed by atoms with E-state index >= 15 is 0 Å². The molecule has 0 bridgehead atoms. The third-order valence-electron chi connectivity index (χ3n) is 4.91. The molecule has 4 aromatic rings. The highest BCUT2D eigenvalue weighted by atomic mass is 32.1. The molecule has 1 saturated carbocycles. The van der Waals surface area contributed by atoms with Crippen LogP contribution < -0.4 is 5.32 Å². The molecule has 0 radical (unpaired) electrons. The average Bonchev–Trinajstić information content (AvgIpc) is 3.46. The number of anilines is 1. The van der Waals surface area contributed by atoms with Crippen molar-refractivity contribution in [3.63, 3.8) is 0 Å². The number of aliphatic hydroxyl groups is 1. The van der Waals surface area contributed by atoms with Crippen LogP contribution in [0, 0.1) is 5.82 Å². The number of aromatic nitrogens is 6. The van der Waals surface area contributed by atoms with Crippen LogP contribution in [0.15, 0.2) is 42.3 Å². The number of amides is 1. The minimum atomic E-state index is -0.539. The van der Waals surface area contributed by atoms with Crippen LogP contribution in [0.4, 0.5) is 10.1 Å². The number of aromatic amines is 1. The summed E-state index contributed by atoms with van der Waals surface area (Å²) in [4.78, 5) is 21.2. The normalized spacial score (nSPS) is 18.2. The molecule has 0 atom stereocenters. The molecule has 11 heteroatoms. The van der Waals surface area contributed by atoms with Gasteiger partial charge in [-0.15, -0.1) is 11.3 Å². The maximum atomic E-state index is 14.4. The van der Waals surface area contributed by atoms with Crippen LogP contribution in [0.2, 0.25) is 0 Å². The number of hydrogen-bond donors (Lipinski definition) is 3. The Kier molecular flexibility index (Phi) is 4.60. The predicted molar refractivity (Wildman–Crippen MR) is 107 cm³/mol. The fourth-order valence-corrected chi connectivity index (χ4v) is 4.03. The van der Waals surface area contributed by atoms with Crippen LogP contribution in [0.3, 0.4) is 0 Å². The van der Waals surface area contributed by atoms with E-state index in [1.54, 1.807) is 28.7 Å². The lowest BCUT2D eigenvalue weighted by Gasteiger charge is -2.31. The molecule has 0 aromatic carbocycles. The van der Waals surface area contributed by atoms with Crippen LogP contribution >= 0.6 is 11.3 Å². The monoisotopic (exact) mass is 425 g/mol. The Balaban J connectivity index is 1.45. The highest BCUT2D eigenvalue weighted by Gasteiger charge is 2.31. The first-order valence-electron chi connectivity index (χ1n) is 9.22. The second-order valence-electron chi connectivity index (χ2n) is 6.96. The van der Waals surface area contributed by atoms with Gasteiger partial charge in [-0.05, 0) is 25.0 Å². The molecule has 1 fully saturated rings. The van der Waals surface area contributed by atoms with Crippen molar-refractivity contribution in [2.45, 2.75) is 25.0 Å². The van der Waals surface area contributed by atoms with Crippen LogP contribution in [0.25, 0.3) is 22.0 Å². The number of pyridine rings is 1. The molecular weight excluding hydrogens is 409 g/mol. The van der Waals surface area contributed by atoms with Gasteiger partial charge in [-0.3, -0.25) is 19.6 Å². The topological polar surface area (TPSA) is 122 Å². The number of nitrogens with zero attached hydrogens (tertiary/aromatic N) is 5. The number of H-pyrrole nitrogens is 1. The van der Waals surface area contributed by atoms with Gasteiger partial charge in [0.25, 0.3) is 5.91 Å². The highest BCUT2D eigenvalue weighted by Crippen LogP contribution is 2.35. The van der Waals surface area contributed by atoms with Crippen molar-refractivity contribution < 1.29 is 14.3 Å². The van der Waals surface area contributed by atoms with Crippen molar-refractivity contribution >= 4 is 22.9 Å². The lowest BCUT2D eigenvalue weighted by atomic mass is 9.90. The molecular formula is C19H16FN7O2S. The van der Waals surface area contributed by atoms with E-state index in [0.717, 1.165) is 5.56 Å². The number of aliphatic hydroxyl groups excluding tert-OH is 1. The molecule has 0 unspecified atom stereocenters. The number of nitrogens with one attached hydrogen (secondary N) is 2. The number of hydrogen-bond acceptors (Lipinski definition) is 7. The Labute approximate surface area is 173 Å². The van der Waals surface area contributed by atoms with Gasteiger partial charge in [0, 0.05) is 29.5 Å². The zero-order chi connectivity index (χ0) is 20.7. The molecule has 1 aliphatic carbocycles. The van der Waals surface area contributed by atoms with Crippen molar-refractivity contribution in [1.82, 2.24) is 29.9 Å². The van der Waals surface area contributed by atoms with Crippen molar-refractivity contribution in [2.75, 3.05) is 5.32 Å². The Bertz CT molecular complexity index is 1200. The third kappa shape index (κ3) is 3.37. The summed E-state index contributed by atoms with van der Waals surface area (Å²) in [6, 6.07) is 2.77. The van der Waals surface area contributed by atoms with Gasteiger partial charge < -0.3 is 10.4 Å². The fraction of sp³-hybridized carbons (Fsp3) is 0.211. The number of rotatable bonds is 5. The first-order valence-corrected chi connectivity index (χ1v) is 10.1. The van der Waals surface area contributed by atoms with Crippen LogP contribution in [0.1, 0.15) is 29.4 Å². The molecule has 9 nitrogen and oxygen atoms in total. The zero-order valence-electron chi connectivity index (χ0n) is 15.5. The summed E-state index contributed by atoms with van der Waals surface area (Å²) in [6.07, 6.45) is 7.16. The molecule has 3 N–H and O–H groups in total. The maximum absolute atomic E-state index is 14.4. The third-order valence-corrected chi connectivity index (χ3v) is 5.80. The van der Waals surface area contributed by atoms with Crippen molar-refractivity contribution in [1.29, 1.82) is 0 Å². The minimum absolute atomic E-state index is 0.0110. The first kappa shape index (κ1) is 18.6. The number of halogens is 1. The van der Waals surface area contributed by atoms with Crippen molar-refractivity contribution in [3.8, 4) is 22.0 Å². The fourth-order valence-electron chi connectivity index (χ4n) is 3.24. The Morgan fingerprint density at radius 1 is 1.37 bits per heavy atom. The predicted octanol–water partition coefficient (Wildman–Crippen LogP) is 2.88. The van der Waals surface area contributed by atoms with E-state index in [1.807, 2.05) is 0 Å². The van der Waals surface area contributed by atoms with Gasteiger partial charge in [-0.25, -0.2) is 9.37 Å². The molecule has 5 rings (SSSR count). The largest absolute Gasteiger partial charge is 0.393 e. The van der Waals surface area contributed by atoms with Crippen LogP contribution in [0.5, 0.6) is 0 Å². The van der Waals surface area contributed by atoms with Gasteiger partial charge in [-0.1, -0.05) is 0 Å². The summed E-state index contributed by atoms with van der Waals surface area (Å²) in [5, 5.41) is 25.7. The van der Waals surface area contributed by atoms with Gasteiger partial charge in [0.05, 0.1) is 24.0 Å². The van der Waals surface area contributed by atoms with E-state index in [0.29, 0.717) is 23.5 Å². The standard InChI is InChI=1S/C19H16FN7O2S/c20-13-2-1-3-21-16(13)17-14(8-27(26-17)11-4-12(28)5-11)24-18(29)15-9-30-19(25-15)10-6-22-23-7-10/h1-3,6-9,11-12,28H,4-5H2,(H,22,23)(H,24,29)/t11-,12-. The molecule has 4 heterocycles. The van der Waals surface area contributed by atoms with Crippen molar-refractivity contribution in [2.24, 2.45) is 0 Å². The van der Waals surface area contributed by atoms with Crippen LogP contribution in [-0.4, -0.2) is 47.1 Å². The van der Waals surface area contributed by atoms with E-state index in [2.05, 4.69) is 30.6 Å². The summed E-state index contributed by atoms with van der Waals surface area (Å²) in [7, 11) is 0. The Hall–Kier alpha value is -3.44. The number of carbonyl (C=O) groups excluding carboxylic acids is 1. The quantitative estimate of drug-likeness (QED) is 0.452. The smallest absolute Gasteiger partial charge is 0.275 e. The second kappa shape index (κ2) is 7.43. The van der Waals surface area contributed by atoms with Crippen LogP contribution in [-0.2, 0) is 0 Å². The summed E-state index contributed by atoms with van der Waals surface area (Å²) in [5.41, 5.74) is 1.62. The maximum Gasteiger partial charge on any atom is 0.275 e.